The fourth-order valence-electron chi connectivity index (χ4n) is 5.25. The lowest BCUT2D eigenvalue weighted by molar-refractivity contribution is 0.0745. The number of rotatable bonds is 8. The zero-order valence-corrected chi connectivity index (χ0v) is 19.7. The SMILES string of the molecule is CCOc1ccc2nc(CN(CC)CC3CCN(C4CCN(C)CC4)CC3)ccc2c1. The van der Waals surface area contributed by atoms with E-state index in [1.807, 2.05) is 13.0 Å². The van der Waals surface area contributed by atoms with Gasteiger partial charge in [0.1, 0.15) is 5.75 Å². The molecule has 0 bridgehead atoms. The van der Waals surface area contributed by atoms with E-state index in [1.165, 1.54) is 64.1 Å². The number of piperidine rings is 2. The lowest BCUT2D eigenvalue weighted by Crippen LogP contribution is -2.47. The van der Waals surface area contributed by atoms with Gasteiger partial charge in [-0.25, -0.2) is 0 Å². The fraction of sp³-hybridized carbons (Fsp3) is 0.654. The molecule has 2 fully saturated rings. The number of pyridine rings is 1. The third-order valence-electron chi connectivity index (χ3n) is 7.23. The van der Waals surface area contributed by atoms with Crippen LogP contribution in [0.1, 0.15) is 45.2 Å². The topological polar surface area (TPSA) is 31.8 Å². The summed E-state index contributed by atoms with van der Waals surface area (Å²) in [5.74, 6) is 1.74. The number of hydrogen-bond donors (Lipinski definition) is 0. The summed E-state index contributed by atoms with van der Waals surface area (Å²) in [5, 5.41) is 1.15. The second kappa shape index (κ2) is 10.8. The summed E-state index contributed by atoms with van der Waals surface area (Å²) in [5.41, 5.74) is 2.23. The number of ether oxygens (including phenoxy) is 1. The van der Waals surface area contributed by atoms with Gasteiger partial charge in [0.05, 0.1) is 17.8 Å². The molecule has 1 aromatic carbocycles. The second-order valence-electron chi connectivity index (χ2n) is 9.43. The van der Waals surface area contributed by atoms with Gasteiger partial charge in [0.25, 0.3) is 0 Å². The average molecular weight is 425 g/mol. The van der Waals surface area contributed by atoms with Crippen LogP contribution in [0.25, 0.3) is 10.9 Å². The zero-order chi connectivity index (χ0) is 21.6. The van der Waals surface area contributed by atoms with Crippen molar-refractivity contribution in [3.05, 3.63) is 36.0 Å². The van der Waals surface area contributed by atoms with E-state index in [2.05, 4.69) is 52.9 Å². The zero-order valence-electron chi connectivity index (χ0n) is 19.7. The van der Waals surface area contributed by atoms with Crippen LogP contribution in [0, 0.1) is 5.92 Å². The van der Waals surface area contributed by atoms with Crippen LogP contribution in [0.5, 0.6) is 5.75 Å². The van der Waals surface area contributed by atoms with Crippen LogP contribution in [-0.4, -0.2) is 78.6 Å². The number of nitrogens with zero attached hydrogens (tertiary/aromatic N) is 4. The average Bonchev–Trinajstić information content (AvgIpc) is 2.80. The number of aromatic nitrogens is 1. The largest absolute Gasteiger partial charge is 0.494 e. The van der Waals surface area contributed by atoms with Gasteiger partial charge >= 0.3 is 0 Å². The van der Waals surface area contributed by atoms with Gasteiger partial charge < -0.3 is 14.5 Å². The van der Waals surface area contributed by atoms with Crippen LogP contribution in [-0.2, 0) is 6.54 Å². The van der Waals surface area contributed by atoms with E-state index in [9.17, 15) is 0 Å². The normalized spacial score (nSPS) is 20.0. The van der Waals surface area contributed by atoms with Crippen molar-refractivity contribution in [3.63, 3.8) is 0 Å². The molecule has 0 N–H and O–H groups in total. The molecule has 31 heavy (non-hydrogen) atoms. The Morgan fingerprint density at radius 2 is 1.77 bits per heavy atom. The van der Waals surface area contributed by atoms with Gasteiger partial charge in [0, 0.05) is 24.5 Å². The van der Waals surface area contributed by atoms with E-state index in [0.717, 1.165) is 41.7 Å². The highest BCUT2D eigenvalue weighted by Gasteiger charge is 2.28. The van der Waals surface area contributed by atoms with Gasteiger partial charge in [-0.05, 0) is 103 Å². The smallest absolute Gasteiger partial charge is 0.120 e. The van der Waals surface area contributed by atoms with Gasteiger partial charge in [-0.1, -0.05) is 13.0 Å². The Kier molecular flexibility index (Phi) is 7.81. The molecular weight excluding hydrogens is 384 g/mol. The predicted molar refractivity (Wildman–Crippen MR) is 129 cm³/mol. The van der Waals surface area contributed by atoms with Crippen molar-refractivity contribution in [2.24, 2.45) is 5.92 Å². The van der Waals surface area contributed by atoms with Gasteiger partial charge in [-0.3, -0.25) is 9.88 Å². The van der Waals surface area contributed by atoms with Crippen molar-refractivity contribution in [1.82, 2.24) is 19.7 Å². The van der Waals surface area contributed by atoms with Crippen LogP contribution < -0.4 is 4.74 Å². The monoisotopic (exact) mass is 424 g/mol. The van der Waals surface area contributed by atoms with Crippen molar-refractivity contribution in [1.29, 1.82) is 0 Å². The Labute approximate surface area is 188 Å². The Balaban J connectivity index is 1.29. The van der Waals surface area contributed by atoms with Crippen molar-refractivity contribution in [2.45, 2.75) is 52.1 Å². The molecule has 3 heterocycles. The summed E-state index contributed by atoms with van der Waals surface area (Å²) in [6.45, 7) is 13.3. The highest BCUT2D eigenvalue weighted by Crippen LogP contribution is 2.25. The third kappa shape index (κ3) is 5.97. The van der Waals surface area contributed by atoms with Gasteiger partial charge in [-0.15, -0.1) is 0 Å². The minimum Gasteiger partial charge on any atom is -0.494 e. The molecule has 0 unspecified atom stereocenters. The third-order valence-corrected chi connectivity index (χ3v) is 7.23. The lowest BCUT2D eigenvalue weighted by atomic mass is 9.93. The maximum absolute atomic E-state index is 5.62. The molecule has 0 amide bonds. The first-order valence-electron chi connectivity index (χ1n) is 12.3. The Hall–Kier alpha value is -1.69. The molecule has 2 aliphatic rings. The van der Waals surface area contributed by atoms with E-state index in [4.69, 9.17) is 9.72 Å². The highest BCUT2D eigenvalue weighted by molar-refractivity contribution is 5.80. The minimum absolute atomic E-state index is 0.694. The molecule has 2 saturated heterocycles. The molecular formula is C26H40N4O. The predicted octanol–water partition coefficient (Wildman–Crippen LogP) is 4.26. The van der Waals surface area contributed by atoms with Gasteiger partial charge in [0.2, 0.25) is 0 Å². The second-order valence-corrected chi connectivity index (χ2v) is 9.43. The molecule has 170 valence electrons. The fourth-order valence-corrected chi connectivity index (χ4v) is 5.25. The van der Waals surface area contributed by atoms with E-state index in [1.54, 1.807) is 0 Å². The molecule has 5 heteroatoms. The molecule has 0 saturated carbocycles. The van der Waals surface area contributed by atoms with Crippen LogP contribution in [0.2, 0.25) is 0 Å². The molecule has 0 aliphatic carbocycles. The first-order valence-corrected chi connectivity index (χ1v) is 12.3. The van der Waals surface area contributed by atoms with Gasteiger partial charge in [-0.2, -0.15) is 0 Å². The first-order chi connectivity index (χ1) is 15.1. The Morgan fingerprint density at radius 3 is 2.48 bits per heavy atom. The molecule has 2 aliphatic heterocycles. The van der Waals surface area contributed by atoms with E-state index in [-0.39, 0.29) is 0 Å². The lowest BCUT2D eigenvalue weighted by Gasteiger charge is -2.41. The highest BCUT2D eigenvalue weighted by atomic mass is 16.5. The summed E-state index contributed by atoms with van der Waals surface area (Å²) in [7, 11) is 2.25. The van der Waals surface area contributed by atoms with Crippen molar-refractivity contribution in [2.75, 3.05) is 52.9 Å². The van der Waals surface area contributed by atoms with Crippen LogP contribution in [0.4, 0.5) is 0 Å². The summed E-state index contributed by atoms with van der Waals surface area (Å²) in [6.07, 6.45) is 5.38. The van der Waals surface area contributed by atoms with Crippen LogP contribution in [0.15, 0.2) is 30.3 Å². The number of likely N-dealkylation sites (tertiary alicyclic amines) is 2. The van der Waals surface area contributed by atoms with E-state index >= 15 is 0 Å². The molecule has 0 atom stereocenters. The quantitative estimate of drug-likeness (QED) is 0.632. The molecule has 0 radical (unpaired) electrons. The molecule has 4 rings (SSSR count). The van der Waals surface area contributed by atoms with E-state index in [0.29, 0.717) is 6.61 Å². The number of hydrogen-bond acceptors (Lipinski definition) is 5. The van der Waals surface area contributed by atoms with Crippen molar-refractivity contribution >= 4 is 10.9 Å². The summed E-state index contributed by atoms with van der Waals surface area (Å²) in [6, 6.07) is 11.4. The van der Waals surface area contributed by atoms with Crippen LogP contribution >= 0.6 is 0 Å². The molecule has 0 spiro atoms. The molecule has 2 aromatic rings. The maximum Gasteiger partial charge on any atom is 0.120 e. The number of fused-ring (bicyclic) bond motifs is 1. The summed E-state index contributed by atoms with van der Waals surface area (Å²) < 4.78 is 5.62. The Morgan fingerprint density at radius 1 is 1.00 bits per heavy atom. The summed E-state index contributed by atoms with van der Waals surface area (Å²) in [4.78, 5) is 12.8. The number of benzene rings is 1. The summed E-state index contributed by atoms with van der Waals surface area (Å²) >= 11 is 0. The standard InChI is InChI=1S/C26H40N4O/c1-4-29(19-21-10-16-30(17-11-21)24-12-14-28(3)15-13-24)20-23-7-6-22-18-25(31-5-2)8-9-26(22)27-23/h6-9,18,21,24H,4-5,10-17,19-20H2,1-3H3. The van der Waals surface area contributed by atoms with Gasteiger partial charge in [0.15, 0.2) is 0 Å². The molecule has 5 nitrogen and oxygen atoms in total. The maximum atomic E-state index is 5.62. The first kappa shape index (κ1) is 22.5. The van der Waals surface area contributed by atoms with Crippen LogP contribution in [0.3, 0.4) is 0 Å². The van der Waals surface area contributed by atoms with Crippen molar-refractivity contribution < 1.29 is 4.74 Å². The Bertz CT molecular complexity index is 825. The molecule has 1 aromatic heterocycles. The van der Waals surface area contributed by atoms with E-state index < -0.39 is 0 Å². The minimum atomic E-state index is 0.694. The van der Waals surface area contributed by atoms with Crippen molar-refractivity contribution in [3.8, 4) is 5.75 Å².